The molecule has 13 heteroatoms. The van der Waals surface area contributed by atoms with E-state index >= 15 is 0 Å². The number of hydrogen-bond donors (Lipinski definition) is 4. The zero-order valence-corrected chi connectivity index (χ0v) is 31.3. The maximum atomic E-state index is 12.3. The van der Waals surface area contributed by atoms with Crippen molar-refractivity contribution in [2.75, 3.05) is 16.4 Å². The molecule has 0 spiro atoms. The molecule has 5 aromatic rings. The van der Waals surface area contributed by atoms with Crippen LogP contribution in [0.15, 0.2) is 107 Å². The van der Waals surface area contributed by atoms with E-state index in [4.69, 9.17) is 9.68 Å². The predicted octanol–water partition coefficient (Wildman–Crippen LogP) is 8.38. The van der Waals surface area contributed by atoms with Gasteiger partial charge in [0, 0.05) is 76.0 Å². The molecule has 0 bridgehead atoms. The van der Waals surface area contributed by atoms with E-state index in [9.17, 15) is 30.0 Å². The molecule has 4 N–H and O–H groups in total. The molecule has 11 nitrogen and oxygen atoms in total. The minimum absolute atomic E-state index is 0.156. The van der Waals surface area contributed by atoms with Crippen molar-refractivity contribution in [3.05, 3.63) is 124 Å². The summed E-state index contributed by atoms with van der Waals surface area (Å²) in [5.41, 5.74) is 7.04. The number of thioether (sulfide) groups is 2. The van der Waals surface area contributed by atoms with Crippen LogP contribution in [0.1, 0.15) is 68.1 Å². The standard InChI is InChI=1S/C41H43N3O8S2/c45-34-22-23-35(46)43(34)51-38(49)20-6-2-12-26-53-41(54-27-13-3-7-21-39(50)52-44-36(47)24-25-37(44)48)40-30-16-8-10-18-32(30)42(28-29-14-4-1-5-15-29)33-19-11-9-17-31(33)40/h1,4-5,8-11,14-19,22-25,45-48H,2-3,6-7,12-13,20-21,26-28H2. The fourth-order valence-electron chi connectivity index (χ4n) is 6.17. The van der Waals surface area contributed by atoms with Crippen molar-refractivity contribution in [1.82, 2.24) is 9.46 Å². The fraction of sp³-hybridized carbons (Fsp3) is 0.268. The molecule has 3 heterocycles. The lowest BCUT2D eigenvalue weighted by atomic mass is 9.91. The Balaban J connectivity index is 1.13. The minimum atomic E-state index is -0.535. The molecule has 0 amide bonds. The van der Waals surface area contributed by atoms with E-state index in [0.29, 0.717) is 22.3 Å². The summed E-state index contributed by atoms with van der Waals surface area (Å²) in [7, 11) is 0. The van der Waals surface area contributed by atoms with Crippen LogP contribution in [0.5, 0.6) is 23.5 Å². The summed E-state index contributed by atoms with van der Waals surface area (Å²) in [5.74, 6) is -0.778. The summed E-state index contributed by atoms with van der Waals surface area (Å²) >= 11 is 3.63. The van der Waals surface area contributed by atoms with Gasteiger partial charge in [0.15, 0.2) is 0 Å². The smallest absolute Gasteiger partial charge is 0.333 e. The fourth-order valence-corrected chi connectivity index (χ4v) is 8.80. The highest BCUT2D eigenvalue weighted by atomic mass is 32.2. The predicted molar refractivity (Wildman–Crippen MR) is 212 cm³/mol. The Hall–Kier alpha value is -5.40. The van der Waals surface area contributed by atoms with Gasteiger partial charge in [-0.25, -0.2) is 9.59 Å². The molecule has 0 saturated carbocycles. The molecular weight excluding hydrogens is 727 g/mol. The number of benzene rings is 3. The van der Waals surface area contributed by atoms with Crippen LogP contribution in [0.3, 0.4) is 0 Å². The van der Waals surface area contributed by atoms with Gasteiger partial charge in [-0.3, -0.25) is 0 Å². The zero-order chi connectivity index (χ0) is 37.9. The molecule has 2 aromatic heterocycles. The van der Waals surface area contributed by atoms with Gasteiger partial charge in [0.1, 0.15) is 0 Å². The third-order valence-corrected chi connectivity index (χ3v) is 11.4. The molecule has 0 fully saturated rings. The number of para-hydroxylation sites is 2. The van der Waals surface area contributed by atoms with Crippen molar-refractivity contribution in [2.45, 2.75) is 57.9 Å². The number of fused-ring (bicyclic) bond motifs is 2. The molecule has 0 unspecified atom stereocenters. The van der Waals surface area contributed by atoms with Crippen molar-refractivity contribution < 1.29 is 39.7 Å². The SMILES string of the molecule is O=C(CCCCCSC(SCCCCCC(=O)On1c(O)ccc1O)=C1c2ccccc2N(Cc2ccccc2)c2ccccc21)On1c(O)ccc1O. The summed E-state index contributed by atoms with van der Waals surface area (Å²) < 4.78 is 2.63. The molecule has 0 saturated heterocycles. The quantitative estimate of drug-likeness (QED) is 0.0638. The van der Waals surface area contributed by atoms with Gasteiger partial charge in [-0.15, -0.1) is 33.0 Å². The highest BCUT2D eigenvalue weighted by Crippen LogP contribution is 2.51. The van der Waals surface area contributed by atoms with Crippen LogP contribution in [0.2, 0.25) is 0 Å². The van der Waals surface area contributed by atoms with E-state index in [0.717, 1.165) is 55.1 Å². The number of rotatable bonds is 18. The van der Waals surface area contributed by atoms with Crippen molar-refractivity contribution in [3.8, 4) is 23.5 Å². The van der Waals surface area contributed by atoms with Gasteiger partial charge in [-0.2, -0.15) is 0 Å². The largest absolute Gasteiger partial charge is 0.492 e. The summed E-state index contributed by atoms with van der Waals surface area (Å²) in [6.07, 6.45) is 4.85. The third kappa shape index (κ3) is 9.57. The van der Waals surface area contributed by atoms with Crippen LogP contribution in [-0.2, 0) is 16.1 Å². The first-order valence-corrected chi connectivity index (χ1v) is 19.9. The molecule has 3 aromatic carbocycles. The Morgan fingerprint density at radius 3 is 1.41 bits per heavy atom. The first-order valence-electron chi connectivity index (χ1n) is 17.9. The Morgan fingerprint density at radius 2 is 0.944 bits per heavy atom. The van der Waals surface area contributed by atoms with E-state index in [1.54, 1.807) is 0 Å². The number of carbonyl (C=O) groups is 2. The third-order valence-electron chi connectivity index (χ3n) is 8.81. The summed E-state index contributed by atoms with van der Waals surface area (Å²) in [5, 5.41) is 39.0. The number of anilines is 2. The average Bonchev–Trinajstić information content (AvgIpc) is 3.67. The van der Waals surface area contributed by atoms with Gasteiger partial charge in [0.05, 0.1) is 0 Å². The number of carbonyl (C=O) groups excluding carboxylic acids is 2. The first-order chi connectivity index (χ1) is 26.3. The van der Waals surface area contributed by atoms with Crippen LogP contribution in [0.4, 0.5) is 11.4 Å². The van der Waals surface area contributed by atoms with Crippen molar-refractivity contribution in [3.63, 3.8) is 0 Å². The van der Waals surface area contributed by atoms with Crippen molar-refractivity contribution in [2.24, 2.45) is 0 Å². The van der Waals surface area contributed by atoms with E-state index in [-0.39, 0.29) is 36.4 Å². The van der Waals surface area contributed by atoms with E-state index < -0.39 is 11.9 Å². The number of nitrogens with zero attached hydrogens (tertiary/aromatic N) is 3. The zero-order valence-electron chi connectivity index (χ0n) is 29.7. The van der Waals surface area contributed by atoms with Gasteiger partial charge in [-0.1, -0.05) is 79.6 Å². The lowest BCUT2D eigenvalue weighted by molar-refractivity contribution is -0.146. The Morgan fingerprint density at radius 1 is 0.519 bits per heavy atom. The van der Waals surface area contributed by atoms with Gasteiger partial charge in [0.25, 0.3) is 0 Å². The molecular formula is C41H43N3O8S2. The second kappa shape index (κ2) is 18.6. The van der Waals surface area contributed by atoms with Gasteiger partial charge in [0.2, 0.25) is 23.5 Å². The van der Waals surface area contributed by atoms with Crippen LogP contribution < -0.4 is 14.6 Å². The lowest BCUT2D eigenvalue weighted by Crippen LogP contribution is -2.22. The maximum Gasteiger partial charge on any atom is 0.333 e. The van der Waals surface area contributed by atoms with Crippen LogP contribution in [0, 0.1) is 0 Å². The molecule has 1 aliphatic heterocycles. The van der Waals surface area contributed by atoms with Crippen molar-refractivity contribution in [1.29, 1.82) is 0 Å². The van der Waals surface area contributed by atoms with Gasteiger partial charge < -0.3 is 35.0 Å². The number of aromatic nitrogens is 2. The number of aromatic hydroxyl groups is 4. The van der Waals surface area contributed by atoms with Crippen LogP contribution in [0.25, 0.3) is 5.57 Å². The second-order valence-electron chi connectivity index (χ2n) is 12.7. The van der Waals surface area contributed by atoms with Crippen LogP contribution in [-0.4, -0.2) is 53.3 Å². The number of hydrogen-bond acceptors (Lipinski definition) is 11. The Labute approximate surface area is 322 Å². The van der Waals surface area contributed by atoms with E-state index in [1.165, 1.54) is 50.8 Å². The Kier molecular flexibility index (Phi) is 13.2. The first kappa shape index (κ1) is 38.3. The monoisotopic (exact) mass is 769 g/mol. The number of unbranched alkanes of at least 4 members (excludes halogenated alkanes) is 4. The topological polar surface area (TPSA) is 147 Å². The van der Waals surface area contributed by atoms with Crippen LogP contribution >= 0.6 is 23.5 Å². The minimum Gasteiger partial charge on any atom is -0.492 e. The molecule has 54 heavy (non-hydrogen) atoms. The van der Waals surface area contributed by atoms with Crippen molar-refractivity contribution >= 4 is 52.4 Å². The lowest BCUT2D eigenvalue weighted by Gasteiger charge is -2.35. The molecule has 282 valence electrons. The summed E-state index contributed by atoms with van der Waals surface area (Å²) in [6, 6.07) is 32.5. The average molecular weight is 770 g/mol. The second-order valence-corrected chi connectivity index (χ2v) is 15.2. The summed E-state index contributed by atoms with van der Waals surface area (Å²) in [6.45, 7) is 0.732. The van der Waals surface area contributed by atoms with Gasteiger partial charge >= 0.3 is 11.9 Å². The highest BCUT2D eigenvalue weighted by Gasteiger charge is 2.28. The molecule has 0 aliphatic carbocycles. The summed E-state index contributed by atoms with van der Waals surface area (Å²) in [4.78, 5) is 37.2. The normalized spacial score (nSPS) is 11.9. The molecule has 1 aliphatic rings. The van der Waals surface area contributed by atoms with E-state index in [1.807, 2.05) is 29.6 Å². The maximum absolute atomic E-state index is 12.3. The van der Waals surface area contributed by atoms with E-state index in [2.05, 4.69) is 77.7 Å². The van der Waals surface area contributed by atoms with Gasteiger partial charge in [-0.05, 0) is 54.9 Å². The molecule has 6 rings (SSSR count). The highest BCUT2D eigenvalue weighted by molar-refractivity contribution is 8.22. The molecule has 0 atom stereocenters. The Bertz CT molecular complexity index is 1910. The molecule has 0 radical (unpaired) electrons.